The second-order valence-electron chi connectivity index (χ2n) is 6.11. The molecular formula is C17H22O5. The van der Waals surface area contributed by atoms with Gasteiger partial charge in [-0.05, 0) is 42.4 Å². The number of hydrogen-bond donors (Lipinski definition) is 1. The van der Waals surface area contributed by atoms with Crippen LogP contribution < -0.4 is 0 Å². The van der Waals surface area contributed by atoms with Crippen LogP contribution >= 0.6 is 0 Å². The normalized spacial score (nSPS) is 28.0. The van der Waals surface area contributed by atoms with Gasteiger partial charge in [0.15, 0.2) is 0 Å². The molecule has 1 fully saturated rings. The first-order chi connectivity index (χ1) is 10.4. The van der Waals surface area contributed by atoms with Gasteiger partial charge in [0, 0.05) is 0 Å². The SMILES string of the molecule is COC(=O)[C@H]1CC[C@](C)(c2ccc(O)cc2)C[C@@H]1C(=O)OC. The van der Waals surface area contributed by atoms with E-state index in [1.807, 2.05) is 12.1 Å². The van der Waals surface area contributed by atoms with Crippen molar-refractivity contribution in [1.82, 2.24) is 0 Å². The Morgan fingerprint density at radius 2 is 1.64 bits per heavy atom. The molecule has 0 aliphatic heterocycles. The van der Waals surface area contributed by atoms with Crippen molar-refractivity contribution in [2.24, 2.45) is 11.8 Å². The zero-order chi connectivity index (χ0) is 16.3. The largest absolute Gasteiger partial charge is 0.508 e. The highest BCUT2D eigenvalue weighted by atomic mass is 16.5. The lowest BCUT2D eigenvalue weighted by Gasteiger charge is -2.40. The van der Waals surface area contributed by atoms with Crippen LogP contribution in [0.1, 0.15) is 31.7 Å². The highest BCUT2D eigenvalue weighted by Crippen LogP contribution is 2.45. The maximum atomic E-state index is 12.1. The Morgan fingerprint density at radius 3 is 2.18 bits per heavy atom. The molecule has 1 aromatic rings. The number of phenolic OH excluding ortho intramolecular Hbond substituents is 1. The quantitative estimate of drug-likeness (QED) is 0.868. The smallest absolute Gasteiger partial charge is 0.309 e. The van der Waals surface area contributed by atoms with Gasteiger partial charge in [-0.15, -0.1) is 0 Å². The maximum Gasteiger partial charge on any atom is 0.309 e. The van der Waals surface area contributed by atoms with Crippen LogP contribution in [0, 0.1) is 11.8 Å². The molecule has 1 saturated carbocycles. The lowest BCUT2D eigenvalue weighted by molar-refractivity contribution is -0.160. The van der Waals surface area contributed by atoms with E-state index in [-0.39, 0.29) is 23.1 Å². The van der Waals surface area contributed by atoms with Gasteiger partial charge >= 0.3 is 11.9 Å². The first-order valence-electron chi connectivity index (χ1n) is 7.36. The number of phenols is 1. The van der Waals surface area contributed by atoms with Crippen LogP contribution in [0.4, 0.5) is 0 Å². The molecule has 5 nitrogen and oxygen atoms in total. The Labute approximate surface area is 130 Å². The van der Waals surface area contributed by atoms with Crippen LogP contribution in [0.3, 0.4) is 0 Å². The van der Waals surface area contributed by atoms with Gasteiger partial charge < -0.3 is 14.6 Å². The monoisotopic (exact) mass is 306 g/mol. The van der Waals surface area contributed by atoms with E-state index in [1.165, 1.54) is 14.2 Å². The van der Waals surface area contributed by atoms with Gasteiger partial charge in [-0.25, -0.2) is 0 Å². The van der Waals surface area contributed by atoms with Gasteiger partial charge in [-0.2, -0.15) is 0 Å². The van der Waals surface area contributed by atoms with E-state index < -0.39 is 11.8 Å². The highest BCUT2D eigenvalue weighted by molar-refractivity contribution is 5.82. The Balaban J connectivity index is 2.29. The van der Waals surface area contributed by atoms with Crippen molar-refractivity contribution in [3.05, 3.63) is 29.8 Å². The molecule has 5 heteroatoms. The van der Waals surface area contributed by atoms with E-state index in [9.17, 15) is 14.7 Å². The third kappa shape index (κ3) is 3.08. The molecule has 0 radical (unpaired) electrons. The van der Waals surface area contributed by atoms with Gasteiger partial charge in [-0.1, -0.05) is 19.1 Å². The van der Waals surface area contributed by atoms with E-state index in [1.54, 1.807) is 12.1 Å². The fourth-order valence-corrected chi connectivity index (χ4v) is 3.36. The third-order valence-corrected chi connectivity index (χ3v) is 4.74. The van der Waals surface area contributed by atoms with E-state index >= 15 is 0 Å². The molecule has 0 spiro atoms. The summed E-state index contributed by atoms with van der Waals surface area (Å²) in [5, 5.41) is 9.43. The Kier molecular flexibility index (Phi) is 4.74. The molecule has 3 atom stereocenters. The van der Waals surface area contributed by atoms with Crippen LogP contribution in [0.2, 0.25) is 0 Å². The summed E-state index contributed by atoms with van der Waals surface area (Å²) in [4.78, 5) is 24.0. The number of aromatic hydroxyl groups is 1. The van der Waals surface area contributed by atoms with Crippen molar-refractivity contribution in [2.75, 3.05) is 14.2 Å². The van der Waals surface area contributed by atoms with Crippen molar-refractivity contribution in [1.29, 1.82) is 0 Å². The van der Waals surface area contributed by atoms with Gasteiger partial charge in [0.1, 0.15) is 5.75 Å². The summed E-state index contributed by atoms with van der Waals surface area (Å²) in [6.07, 6.45) is 1.86. The molecule has 0 bridgehead atoms. The number of benzene rings is 1. The summed E-state index contributed by atoms with van der Waals surface area (Å²) in [6, 6.07) is 7.00. The molecule has 120 valence electrons. The number of rotatable bonds is 3. The van der Waals surface area contributed by atoms with Gasteiger partial charge in [0.25, 0.3) is 0 Å². The minimum Gasteiger partial charge on any atom is -0.508 e. The van der Waals surface area contributed by atoms with Crippen molar-refractivity contribution >= 4 is 11.9 Å². The predicted octanol–water partition coefficient (Wildman–Crippen LogP) is 2.41. The van der Waals surface area contributed by atoms with E-state index in [2.05, 4.69) is 6.92 Å². The number of methoxy groups -OCH3 is 2. The van der Waals surface area contributed by atoms with E-state index in [4.69, 9.17) is 9.47 Å². The molecular weight excluding hydrogens is 284 g/mol. The fraction of sp³-hybridized carbons (Fsp3) is 0.529. The first-order valence-corrected chi connectivity index (χ1v) is 7.36. The summed E-state index contributed by atoms with van der Waals surface area (Å²) in [6.45, 7) is 2.07. The minimum absolute atomic E-state index is 0.208. The lowest BCUT2D eigenvalue weighted by atomic mass is 9.63. The van der Waals surface area contributed by atoms with Gasteiger partial charge in [0.05, 0.1) is 26.1 Å². The van der Waals surface area contributed by atoms with E-state index in [0.717, 1.165) is 12.0 Å². The summed E-state index contributed by atoms with van der Waals surface area (Å²) in [5.41, 5.74) is 0.805. The molecule has 0 saturated heterocycles. The average Bonchev–Trinajstić information content (AvgIpc) is 2.53. The molecule has 1 N–H and O–H groups in total. The summed E-state index contributed by atoms with van der Waals surface area (Å²) in [5.74, 6) is -1.49. The topological polar surface area (TPSA) is 72.8 Å². The molecule has 0 heterocycles. The van der Waals surface area contributed by atoms with Crippen LogP contribution in [0.25, 0.3) is 0 Å². The van der Waals surface area contributed by atoms with Crippen molar-refractivity contribution in [2.45, 2.75) is 31.6 Å². The second kappa shape index (κ2) is 6.38. The third-order valence-electron chi connectivity index (χ3n) is 4.74. The Bertz CT molecular complexity index is 551. The fourth-order valence-electron chi connectivity index (χ4n) is 3.36. The summed E-state index contributed by atoms with van der Waals surface area (Å²) in [7, 11) is 2.67. The number of carbonyl (C=O) groups is 2. The van der Waals surface area contributed by atoms with Gasteiger partial charge in [-0.3, -0.25) is 9.59 Å². The molecule has 0 aromatic heterocycles. The molecule has 0 amide bonds. The van der Waals surface area contributed by atoms with Crippen LogP contribution in [-0.4, -0.2) is 31.3 Å². The first kappa shape index (κ1) is 16.3. The summed E-state index contributed by atoms with van der Waals surface area (Å²) >= 11 is 0. The maximum absolute atomic E-state index is 12.1. The van der Waals surface area contributed by atoms with Crippen LogP contribution in [-0.2, 0) is 24.5 Å². The summed E-state index contributed by atoms with van der Waals surface area (Å²) < 4.78 is 9.70. The highest BCUT2D eigenvalue weighted by Gasteiger charge is 2.45. The number of hydrogen-bond acceptors (Lipinski definition) is 5. The Morgan fingerprint density at radius 1 is 1.09 bits per heavy atom. The number of ether oxygens (including phenoxy) is 2. The molecule has 2 rings (SSSR count). The molecule has 1 aliphatic rings. The standard InChI is InChI=1S/C17H22O5/c1-17(11-4-6-12(18)7-5-11)9-8-13(15(19)21-2)14(10-17)16(20)22-3/h4-7,13-14,18H,8-10H2,1-3H3/t13-,14-,17-/m0/s1. The van der Waals surface area contributed by atoms with Crippen molar-refractivity contribution in [3.63, 3.8) is 0 Å². The zero-order valence-corrected chi connectivity index (χ0v) is 13.2. The number of esters is 2. The molecule has 1 aromatic carbocycles. The zero-order valence-electron chi connectivity index (χ0n) is 13.2. The van der Waals surface area contributed by atoms with Crippen LogP contribution in [0.15, 0.2) is 24.3 Å². The van der Waals surface area contributed by atoms with Crippen molar-refractivity contribution < 1.29 is 24.2 Å². The molecule has 1 aliphatic carbocycles. The second-order valence-corrected chi connectivity index (χ2v) is 6.11. The molecule has 22 heavy (non-hydrogen) atoms. The van der Waals surface area contributed by atoms with Crippen LogP contribution in [0.5, 0.6) is 5.75 Å². The number of carbonyl (C=O) groups excluding carboxylic acids is 2. The lowest BCUT2D eigenvalue weighted by Crippen LogP contribution is -2.42. The minimum atomic E-state index is -0.509. The predicted molar refractivity (Wildman–Crippen MR) is 80.3 cm³/mol. The average molecular weight is 306 g/mol. The molecule has 0 unspecified atom stereocenters. The van der Waals surface area contributed by atoms with Gasteiger partial charge in [0.2, 0.25) is 0 Å². The Hall–Kier alpha value is -2.04. The van der Waals surface area contributed by atoms with E-state index in [0.29, 0.717) is 12.8 Å². The van der Waals surface area contributed by atoms with Crippen molar-refractivity contribution in [3.8, 4) is 5.75 Å².